The Labute approximate surface area is 131 Å². The average molecular weight is 313 g/mol. The molecule has 0 atom stereocenters. The van der Waals surface area contributed by atoms with Gasteiger partial charge in [-0.3, -0.25) is 4.79 Å². The monoisotopic (exact) mass is 313 g/mol. The van der Waals surface area contributed by atoms with Gasteiger partial charge in [0, 0.05) is 0 Å². The van der Waals surface area contributed by atoms with Crippen LogP contribution in [0, 0.1) is 20.8 Å². The number of aryl methyl sites for hydroxylation is 3. The maximum Gasteiger partial charge on any atom is 0.344 e. The molecule has 0 saturated heterocycles. The fourth-order valence-corrected chi connectivity index (χ4v) is 2.40. The third kappa shape index (κ3) is 2.73. The van der Waals surface area contributed by atoms with E-state index >= 15 is 0 Å². The van der Waals surface area contributed by atoms with E-state index in [-0.39, 0.29) is 18.0 Å². The normalized spacial score (nSPS) is 10.9. The zero-order valence-corrected chi connectivity index (χ0v) is 13.0. The third-order valence-corrected chi connectivity index (χ3v) is 3.56. The standard InChI is InChI=1S/C16H15N3O4/c1-8-5-4-6-11-14(8)17-12(18-15(11)20)7-22-16(21)13-9(2)19-23-10(13)3/h4-6H,7H2,1-3H3,(H,17,18,20). The van der Waals surface area contributed by atoms with E-state index in [1.54, 1.807) is 26.0 Å². The molecule has 118 valence electrons. The summed E-state index contributed by atoms with van der Waals surface area (Å²) in [5, 5.41) is 4.21. The van der Waals surface area contributed by atoms with E-state index in [4.69, 9.17) is 9.26 Å². The molecule has 0 aliphatic rings. The number of ether oxygens (including phenoxy) is 1. The number of hydrogen-bond acceptors (Lipinski definition) is 6. The van der Waals surface area contributed by atoms with E-state index in [1.165, 1.54) is 0 Å². The van der Waals surface area contributed by atoms with Gasteiger partial charge in [-0.25, -0.2) is 9.78 Å². The van der Waals surface area contributed by atoms with Gasteiger partial charge in [0.05, 0.1) is 16.6 Å². The lowest BCUT2D eigenvalue weighted by molar-refractivity contribution is 0.0459. The summed E-state index contributed by atoms with van der Waals surface area (Å²) in [4.78, 5) is 31.2. The van der Waals surface area contributed by atoms with Crippen LogP contribution in [0.4, 0.5) is 0 Å². The summed E-state index contributed by atoms with van der Waals surface area (Å²) in [6.45, 7) is 5.03. The van der Waals surface area contributed by atoms with Crippen LogP contribution in [0.15, 0.2) is 27.5 Å². The summed E-state index contributed by atoms with van der Waals surface area (Å²) in [7, 11) is 0. The number of rotatable bonds is 3. The molecular formula is C16H15N3O4. The molecule has 23 heavy (non-hydrogen) atoms. The first-order valence-electron chi connectivity index (χ1n) is 7.06. The molecule has 7 nitrogen and oxygen atoms in total. The number of H-pyrrole nitrogens is 1. The van der Waals surface area contributed by atoms with Crippen LogP contribution in [0.25, 0.3) is 10.9 Å². The molecule has 0 fully saturated rings. The Morgan fingerprint density at radius 1 is 1.30 bits per heavy atom. The van der Waals surface area contributed by atoms with Crippen LogP contribution in [0.1, 0.15) is 33.2 Å². The number of aromatic amines is 1. The number of carbonyl (C=O) groups excluding carboxylic acids is 1. The van der Waals surface area contributed by atoms with Crippen molar-refractivity contribution in [1.82, 2.24) is 15.1 Å². The van der Waals surface area contributed by atoms with E-state index in [9.17, 15) is 9.59 Å². The van der Waals surface area contributed by atoms with Crippen LogP contribution >= 0.6 is 0 Å². The van der Waals surface area contributed by atoms with Crippen molar-refractivity contribution in [2.75, 3.05) is 0 Å². The molecule has 3 aromatic rings. The number of aromatic nitrogens is 3. The lowest BCUT2D eigenvalue weighted by Gasteiger charge is -2.06. The molecule has 3 rings (SSSR count). The van der Waals surface area contributed by atoms with Crippen LogP contribution < -0.4 is 5.56 Å². The first-order valence-corrected chi connectivity index (χ1v) is 7.06. The highest BCUT2D eigenvalue weighted by Gasteiger charge is 2.19. The minimum atomic E-state index is -0.561. The van der Waals surface area contributed by atoms with Crippen LogP contribution in [0.5, 0.6) is 0 Å². The summed E-state index contributed by atoms with van der Waals surface area (Å²) >= 11 is 0. The molecule has 0 amide bonds. The van der Waals surface area contributed by atoms with Gasteiger partial charge in [-0.2, -0.15) is 0 Å². The van der Waals surface area contributed by atoms with Gasteiger partial charge in [0.25, 0.3) is 5.56 Å². The van der Waals surface area contributed by atoms with Crippen molar-refractivity contribution in [2.24, 2.45) is 0 Å². The Balaban J connectivity index is 1.87. The van der Waals surface area contributed by atoms with Gasteiger partial charge in [-0.05, 0) is 32.4 Å². The molecule has 0 bridgehead atoms. The molecule has 2 aromatic heterocycles. The number of hydrogen-bond donors (Lipinski definition) is 1. The number of carbonyl (C=O) groups is 1. The number of nitrogens with zero attached hydrogens (tertiary/aromatic N) is 2. The molecular weight excluding hydrogens is 298 g/mol. The Bertz CT molecular complexity index is 936. The quantitative estimate of drug-likeness (QED) is 0.744. The van der Waals surface area contributed by atoms with Crippen molar-refractivity contribution in [3.05, 3.63) is 57.0 Å². The first-order chi connectivity index (χ1) is 11.0. The Morgan fingerprint density at radius 3 is 2.78 bits per heavy atom. The number of nitrogens with one attached hydrogen (secondary N) is 1. The van der Waals surface area contributed by atoms with Crippen molar-refractivity contribution < 1.29 is 14.1 Å². The zero-order valence-electron chi connectivity index (χ0n) is 13.0. The van der Waals surface area contributed by atoms with E-state index in [0.29, 0.717) is 27.9 Å². The maximum absolute atomic E-state index is 12.1. The summed E-state index contributed by atoms with van der Waals surface area (Å²) in [6.07, 6.45) is 0. The highest BCUT2D eigenvalue weighted by molar-refractivity contribution is 5.91. The Kier molecular flexibility index (Phi) is 3.69. The zero-order chi connectivity index (χ0) is 16.6. The Hall–Kier alpha value is -2.96. The van der Waals surface area contributed by atoms with Gasteiger partial charge in [0.1, 0.15) is 23.8 Å². The highest BCUT2D eigenvalue weighted by atomic mass is 16.5. The van der Waals surface area contributed by atoms with Gasteiger partial charge in [-0.15, -0.1) is 0 Å². The average Bonchev–Trinajstić information content (AvgIpc) is 2.85. The van der Waals surface area contributed by atoms with Crippen LogP contribution in [0.2, 0.25) is 0 Å². The molecule has 7 heteroatoms. The predicted octanol–water partition coefficient (Wildman–Crippen LogP) is 2.19. The fraction of sp³-hybridized carbons (Fsp3) is 0.250. The number of esters is 1. The second kappa shape index (κ2) is 5.68. The van der Waals surface area contributed by atoms with Crippen LogP contribution in [-0.4, -0.2) is 21.1 Å². The van der Waals surface area contributed by atoms with Crippen molar-refractivity contribution in [3.8, 4) is 0 Å². The number of benzene rings is 1. The fourth-order valence-electron chi connectivity index (χ4n) is 2.40. The van der Waals surface area contributed by atoms with E-state index < -0.39 is 5.97 Å². The van der Waals surface area contributed by atoms with Gasteiger partial charge < -0.3 is 14.2 Å². The topological polar surface area (TPSA) is 98.1 Å². The number of fused-ring (bicyclic) bond motifs is 1. The van der Waals surface area contributed by atoms with Crippen LogP contribution in [0.3, 0.4) is 0 Å². The molecule has 0 aliphatic carbocycles. The lowest BCUT2D eigenvalue weighted by Crippen LogP contribution is -2.15. The highest BCUT2D eigenvalue weighted by Crippen LogP contribution is 2.15. The van der Waals surface area contributed by atoms with Crippen LogP contribution in [-0.2, 0) is 11.3 Å². The van der Waals surface area contributed by atoms with Gasteiger partial charge >= 0.3 is 5.97 Å². The number of para-hydroxylation sites is 1. The van der Waals surface area contributed by atoms with E-state index in [1.807, 2.05) is 13.0 Å². The van der Waals surface area contributed by atoms with Gasteiger partial charge in [0.15, 0.2) is 0 Å². The lowest BCUT2D eigenvalue weighted by atomic mass is 10.1. The predicted molar refractivity (Wildman–Crippen MR) is 82.2 cm³/mol. The third-order valence-electron chi connectivity index (χ3n) is 3.56. The molecule has 0 saturated carbocycles. The summed E-state index contributed by atoms with van der Waals surface area (Å²) in [6, 6.07) is 5.37. The van der Waals surface area contributed by atoms with Crippen molar-refractivity contribution in [1.29, 1.82) is 0 Å². The molecule has 2 heterocycles. The van der Waals surface area contributed by atoms with Gasteiger partial charge in [0.2, 0.25) is 0 Å². The van der Waals surface area contributed by atoms with Crippen molar-refractivity contribution in [2.45, 2.75) is 27.4 Å². The molecule has 0 unspecified atom stereocenters. The minimum absolute atomic E-state index is 0.137. The smallest absolute Gasteiger partial charge is 0.344 e. The van der Waals surface area contributed by atoms with E-state index in [2.05, 4.69) is 15.1 Å². The van der Waals surface area contributed by atoms with E-state index in [0.717, 1.165) is 5.56 Å². The molecule has 0 radical (unpaired) electrons. The SMILES string of the molecule is Cc1noc(C)c1C(=O)OCc1nc2c(C)cccc2c(=O)[nH]1. The maximum atomic E-state index is 12.1. The second-order valence-electron chi connectivity index (χ2n) is 5.26. The van der Waals surface area contributed by atoms with Crippen molar-refractivity contribution in [3.63, 3.8) is 0 Å². The second-order valence-corrected chi connectivity index (χ2v) is 5.26. The molecule has 1 aromatic carbocycles. The minimum Gasteiger partial charge on any atom is -0.454 e. The summed E-state index contributed by atoms with van der Waals surface area (Å²) in [5.41, 5.74) is 1.97. The summed E-state index contributed by atoms with van der Waals surface area (Å²) < 4.78 is 10.1. The first kappa shape index (κ1) is 15.0. The Morgan fingerprint density at radius 2 is 2.09 bits per heavy atom. The molecule has 1 N–H and O–H groups in total. The molecule has 0 spiro atoms. The van der Waals surface area contributed by atoms with Gasteiger partial charge in [-0.1, -0.05) is 17.3 Å². The molecule has 0 aliphatic heterocycles. The largest absolute Gasteiger partial charge is 0.454 e. The summed E-state index contributed by atoms with van der Waals surface area (Å²) in [5.74, 6) is 0.119. The van der Waals surface area contributed by atoms with Crippen molar-refractivity contribution >= 4 is 16.9 Å².